The van der Waals surface area contributed by atoms with Crippen LogP contribution in [-0.4, -0.2) is 39.1 Å². The van der Waals surface area contributed by atoms with Gasteiger partial charge in [0.05, 0.1) is 6.42 Å². The van der Waals surface area contributed by atoms with Crippen LogP contribution in [0.3, 0.4) is 0 Å². The number of carbonyl (C=O) groups excluding carboxylic acids is 1. The van der Waals surface area contributed by atoms with Crippen LogP contribution in [0.1, 0.15) is 67.7 Å². The summed E-state index contributed by atoms with van der Waals surface area (Å²) in [7, 11) is 0. The highest BCUT2D eigenvalue weighted by molar-refractivity contribution is 5.79. The van der Waals surface area contributed by atoms with Gasteiger partial charge in [-0.15, -0.1) is 0 Å². The van der Waals surface area contributed by atoms with Crippen molar-refractivity contribution in [2.24, 2.45) is 5.41 Å². The highest BCUT2D eigenvalue weighted by atomic mass is 16.2. The normalized spacial score (nSPS) is 21.3. The van der Waals surface area contributed by atoms with Gasteiger partial charge in [-0.2, -0.15) is 5.10 Å². The molecule has 1 amide bonds. The van der Waals surface area contributed by atoms with E-state index >= 15 is 0 Å². The molecule has 1 saturated heterocycles. The van der Waals surface area contributed by atoms with Gasteiger partial charge < -0.3 is 4.90 Å². The van der Waals surface area contributed by atoms with Crippen LogP contribution < -0.4 is 0 Å². The van der Waals surface area contributed by atoms with Crippen molar-refractivity contribution in [2.75, 3.05) is 13.1 Å². The first kappa shape index (κ1) is 18.2. The lowest BCUT2D eigenvalue weighted by atomic mass is 9.76. The van der Waals surface area contributed by atoms with Crippen LogP contribution in [0.4, 0.5) is 0 Å². The van der Waals surface area contributed by atoms with Crippen molar-refractivity contribution in [3.63, 3.8) is 0 Å². The van der Waals surface area contributed by atoms with Gasteiger partial charge in [-0.05, 0) is 42.7 Å². The Bertz CT molecular complexity index is 806. The first-order valence-electron chi connectivity index (χ1n) is 10.3. The Kier molecular flexibility index (Phi) is 5.02. The maximum atomic E-state index is 13.1. The predicted molar refractivity (Wildman–Crippen MR) is 105 cm³/mol. The number of hydrogen-bond donors (Lipinski definition) is 1. The van der Waals surface area contributed by atoms with Crippen molar-refractivity contribution in [3.05, 3.63) is 47.0 Å². The molecule has 5 nitrogen and oxygen atoms in total. The molecular weight excluding hydrogens is 336 g/mol. The number of nitrogens with one attached hydrogen (secondary N) is 1. The number of aryl methyl sites for hydroxylation is 2. The summed E-state index contributed by atoms with van der Waals surface area (Å²) in [5, 5.41) is 7.67. The summed E-state index contributed by atoms with van der Waals surface area (Å²) in [4.78, 5) is 19.9. The molecule has 27 heavy (non-hydrogen) atoms. The van der Waals surface area contributed by atoms with Crippen molar-refractivity contribution >= 4 is 5.91 Å². The highest BCUT2D eigenvalue weighted by Crippen LogP contribution is 2.52. The third-order valence-corrected chi connectivity index (χ3v) is 6.55. The Morgan fingerprint density at radius 3 is 2.81 bits per heavy atom. The number of H-pyrrole nitrogens is 1. The molecule has 1 saturated carbocycles. The smallest absolute Gasteiger partial charge is 0.227 e. The minimum absolute atomic E-state index is 0.174. The van der Waals surface area contributed by atoms with Crippen LogP contribution in [0.2, 0.25) is 0 Å². The Balaban J connectivity index is 1.54. The molecule has 4 rings (SSSR count). The minimum Gasteiger partial charge on any atom is -0.341 e. The number of rotatable bonds is 5. The standard InChI is InChI=1S/C22H30N4O/c1-3-8-19-23-21(25-24-19)18-14-26(15-22(18)11-6-7-12-22)20(27)13-17-10-5-4-9-16(17)2/h4-5,9-10,18H,3,6-8,11-15H2,1-2H3,(H,23,24,25). The van der Waals surface area contributed by atoms with E-state index in [1.807, 2.05) is 12.1 Å². The Labute approximate surface area is 161 Å². The van der Waals surface area contributed by atoms with Crippen LogP contribution in [0.15, 0.2) is 24.3 Å². The van der Waals surface area contributed by atoms with Crippen molar-refractivity contribution in [3.8, 4) is 0 Å². The zero-order valence-corrected chi connectivity index (χ0v) is 16.5. The summed E-state index contributed by atoms with van der Waals surface area (Å²) in [6, 6.07) is 8.19. The van der Waals surface area contributed by atoms with E-state index in [1.54, 1.807) is 0 Å². The molecule has 5 heteroatoms. The van der Waals surface area contributed by atoms with Gasteiger partial charge in [0.2, 0.25) is 5.91 Å². The minimum atomic E-state index is 0.174. The van der Waals surface area contributed by atoms with Gasteiger partial charge in [-0.1, -0.05) is 44.0 Å². The molecule has 2 fully saturated rings. The third-order valence-electron chi connectivity index (χ3n) is 6.55. The molecule has 1 aliphatic heterocycles. The molecule has 1 atom stereocenters. The van der Waals surface area contributed by atoms with Crippen molar-refractivity contribution in [2.45, 2.75) is 64.7 Å². The van der Waals surface area contributed by atoms with Crippen molar-refractivity contribution in [1.82, 2.24) is 20.1 Å². The fourth-order valence-electron chi connectivity index (χ4n) is 5.00. The van der Waals surface area contributed by atoms with Gasteiger partial charge in [-0.25, -0.2) is 4.98 Å². The van der Waals surface area contributed by atoms with E-state index in [1.165, 1.54) is 31.2 Å². The van der Waals surface area contributed by atoms with E-state index in [4.69, 9.17) is 4.98 Å². The first-order valence-corrected chi connectivity index (χ1v) is 10.3. The molecule has 2 heterocycles. The molecule has 0 radical (unpaired) electrons. The van der Waals surface area contributed by atoms with Gasteiger partial charge in [-0.3, -0.25) is 9.89 Å². The van der Waals surface area contributed by atoms with Crippen LogP contribution in [0.5, 0.6) is 0 Å². The topological polar surface area (TPSA) is 61.9 Å². The van der Waals surface area contributed by atoms with Gasteiger partial charge >= 0.3 is 0 Å². The summed E-state index contributed by atoms with van der Waals surface area (Å²) < 4.78 is 0. The Morgan fingerprint density at radius 1 is 1.30 bits per heavy atom. The lowest BCUT2D eigenvalue weighted by Crippen LogP contribution is -2.32. The summed E-state index contributed by atoms with van der Waals surface area (Å²) >= 11 is 0. The van der Waals surface area contributed by atoms with Gasteiger partial charge in [0.25, 0.3) is 0 Å². The molecule has 2 aliphatic rings. The largest absolute Gasteiger partial charge is 0.341 e. The highest BCUT2D eigenvalue weighted by Gasteiger charge is 2.51. The summed E-state index contributed by atoms with van der Waals surface area (Å²) in [6.45, 7) is 5.85. The molecule has 1 unspecified atom stereocenters. The monoisotopic (exact) mass is 366 g/mol. The van der Waals surface area contributed by atoms with Gasteiger partial charge in [0.15, 0.2) is 5.82 Å². The van der Waals surface area contributed by atoms with E-state index in [-0.39, 0.29) is 17.2 Å². The number of carbonyl (C=O) groups is 1. The van der Waals surface area contributed by atoms with E-state index in [9.17, 15) is 4.79 Å². The zero-order chi connectivity index (χ0) is 18.9. The van der Waals surface area contributed by atoms with E-state index < -0.39 is 0 Å². The number of likely N-dealkylation sites (tertiary alicyclic amines) is 1. The van der Waals surface area contributed by atoms with Gasteiger partial charge in [0, 0.05) is 25.4 Å². The number of aromatic nitrogens is 3. The van der Waals surface area contributed by atoms with Crippen LogP contribution in [0, 0.1) is 12.3 Å². The number of amides is 1. The molecule has 0 bridgehead atoms. The van der Waals surface area contributed by atoms with Crippen LogP contribution >= 0.6 is 0 Å². The van der Waals surface area contributed by atoms with Crippen molar-refractivity contribution in [1.29, 1.82) is 0 Å². The molecule has 1 spiro atoms. The first-order chi connectivity index (χ1) is 13.1. The quantitative estimate of drug-likeness (QED) is 0.876. The summed E-state index contributed by atoms with van der Waals surface area (Å²) in [6.07, 6.45) is 7.36. The second-order valence-corrected chi connectivity index (χ2v) is 8.39. The number of nitrogens with zero attached hydrogens (tertiary/aromatic N) is 3. The second-order valence-electron chi connectivity index (χ2n) is 8.39. The lowest BCUT2D eigenvalue weighted by molar-refractivity contribution is -0.129. The maximum absolute atomic E-state index is 13.1. The number of aromatic amines is 1. The van der Waals surface area contributed by atoms with Crippen LogP contribution in [-0.2, 0) is 17.6 Å². The third kappa shape index (κ3) is 3.52. The van der Waals surface area contributed by atoms with Crippen molar-refractivity contribution < 1.29 is 4.79 Å². The molecule has 1 N–H and O–H groups in total. The molecule has 1 aromatic heterocycles. The molecule has 1 aliphatic carbocycles. The molecule has 144 valence electrons. The summed E-state index contributed by atoms with van der Waals surface area (Å²) in [5.41, 5.74) is 2.50. The van der Waals surface area contributed by atoms with E-state index in [0.717, 1.165) is 43.1 Å². The summed E-state index contributed by atoms with van der Waals surface area (Å²) in [5.74, 6) is 2.40. The predicted octanol–water partition coefficient (Wildman–Crippen LogP) is 3.79. The fraction of sp³-hybridized carbons (Fsp3) is 0.591. The van der Waals surface area contributed by atoms with E-state index in [0.29, 0.717) is 6.42 Å². The fourth-order valence-corrected chi connectivity index (χ4v) is 5.00. The van der Waals surface area contributed by atoms with Crippen LogP contribution in [0.25, 0.3) is 0 Å². The van der Waals surface area contributed by atoms with Gasteiger partial charge in [0.1, 0.15) is 5.82 Å². The molecule has 1 aromatic carbocycles. The molecular formula is C22H30N4O. The number of benzene rings is 1. The number of hydrogen-bond acceptors (Lipinski definition) is 3. The lowest BCUT2D eigenvalue weighted by Gasteiger charge is -2.27. The Morgan fingerprint density at radius 2 is 2.07 bits per heavy atom. The average molecular weight is 367 g/mol. The second kappa shape index (κ2) is 7.45. The molecule has 2 aromatic rings. The van der Waals surface area contributed by atoms with E-state index in [2.05, 4.69) is 41.1 Å². The zero-order valence-electron chi connectivity index (χ0n) is 16.5. The maximum Gasteiger partial charge on any atom is 0.227 e. The Hall–Kier alpha value is -2.17. The SMILES string of the molecule is CCCc1nc(C2CN(C(=O)Cc3ccccc3C)CC23CCCC3)n[nH]1. The average Bonchev–Trinajstić information content (AvgIpc) is 3.39.